The molecular formula is C14H20N2OS. The van der Waals surface area contributed by atoms with E-state index in [4.69, 9.17) is 22.7 Å². The van der Waals surface area contributed by atoms with Crippen LogP contribution >= 0.6 is 12.2 Å². The standard InChI is InChI=1S/C14H20N2OS/c1-9-5-6-11(14(15)18)12(8-9)16-10(2)13-4-3-7-17-13/h5-6,8,10,13,16H,3-4,7H2,1-2H3,(H2,15,18). The summed E-state index contributed by atoms with van der Waals surface area (Å²) in [6.45, 7) is 5.07. The predicted molar refractivity (Wildman–Crippen MR) is 79.1 cm³/mol. The molecule has 0 radical (unpaired) electrons. The number of thiocarbonyl (C=S) groups is 1. The number of nitrogens with two attached hydrogens (primary N) is 1. The van der Waals surface area contributed by atoms with E-state index in [2.05, 4.69) is 25.2 Å². The number of hydrogen-bond donors (Lipinski definition) is 2. The van der Waals surface area contributed by atoms with Gasteiger partial charge < -0.3 is 15.8 Å². The van der Waals surface area contributed by atoms with Crippen molar-refractivity contribution in [1.29, 1.82) is 0 Å². The molecule has 0 bridgehead atoms. The van der Waals surface area contributed by atoms with Crippen molar-refractivity contribution in [3.63, 3.8) is 0 Å². The van der Waals surface area contributed by atoms with Crippen LogP contribution in [-0.4, -0.2) is 23.7 Å². The molecule has 2 unspecified atom stereocenters. The third kappa shape index (κ3) is 3.00. The molecule has 3 N–H and O–H groups in total. The highest BCUT2D eigenvalue weighted by Gasteiger charge is 2.22. The van der Waals surface area contributed by atoms with Crippen LogP contribution in [0.3, 0.4) is 0 Å². The molecule has 98 valence electrons. The third-order valence-corrected chi connectivity index (χ3v) is 3.57. The van der Waals surface area contributed by atoms with Gasteiger partial charge in [-0.2, -0.15) is 0 Å². The lowest BCUT2D eigenvalue weighted by molar-refractivity contribution is 0.0996. The summed E-state index contributed by atoms with van der Waals surface area (Å²) in [5.74, 6) is 0. The quantitative estimate of drug-likeness (QED) is 0.821. The average molecular weight is 264 g/mol. The Labute approximate surface area is 114 Å². The maximum Gasteiger partial charge on any atom is 0.106 e. The molecule has 1 fully saturated rings. The number of aryl methyl sites for hydroxylation is 1. The van der Waals surface area contributed by atoms with Crippen molar-refractivity contribution in [2.45, 2.75) is 38.8 Å². The van der Waals surface area contributed by atoms with Gasteiger partial charge >= 0.3 is 0 Å². The van der Waals surface area contributed by atoms with Crippen molar-refractivity contribution < 1.29 is 4.74 Å². The van der Waals surface area contributed by atoms with Gasteiger partial charge in [-0.1, -0.05) is 18.3 Å². The Morgan fingerprint density at radius 1 is 1.56 bits per heavy atom. The molecule has 3 nitrogen and oxygen atoms in total. The zero-order chi connectivity index (χ0) is 13.1. The summed E-state index contributed by atoms with van der Waals surface area (Å²) in [6.07, 6.45) is 2.54. The van der Waals surface area contributed by atoms with Gasteiger partial charge in [-0.15, -0.1) is 0 Å². The fraction of sp³-hybridized carbons (Fsp3) is 0.500. The summed E-state index contributed by atoms with van der Waals surface area (Å²) in [5.41, 5.74) is 8.85. The normalized spacial score (nSPS) is 20.7. The summed E-state index contributed by atoms with van der Waals surface area (Å²) in [4.78, 5) is 0.428. The number of hydrogen-bond acceptors (Lipinski definition) is 3. The average Bonchev–Trinajstić information content (AvgIpc) is 2.81. The van der Waals surface area contributed by atoms with Crippen LogP contribution in [0.25, 0.3) is 0 Å². The first kappa shape index (κ1) is 13.3. The maximum atomic E-state index is 5.75. The molecule has 1 aromatic carbocycles. The summed E-state index contributed by atoms with van der Waals surface area (Å²) < 4.78 is 5.69. The summed E-state index contributed by atoms with van der Waals surface area (Å²) >= 11 is 5.09. The molecule has 0 saturated carbocycles. The van der Waals surface area contributed by atoms with Crippen LogP contribution < -0.4 is 11.1 Å². The monoisotopic (exact) mass is 264 g/mol. The fourth-order valence-corrected chi connectivity index (χ4v) is 2.51. The molecule has 2 rings (SSSR count). The fourth-order valence-electron chi connectivity index (χ4n) is 2.33. The van der Waals surface area contributed by atoms with Gasteiger partial charge in [0.05, 0.1) is 6.10 Å². The molecule has 0 spiro atoms. The zero-order valence-electron chi connectivity index (χ0n) is 10.9. The lowest BCUT2D eigenvalue weighted by Crippen LogP contribution is -2.31. The predicted octanol–water partition coefficient (Wildman–Crippen LogP) is 2.61. The molecule has 1 aromatic rings. The Morgan fingerprint density at radius 2 is 2.33 bits per heavy atom. The molecule has 4 heteroatoms. The van der Waals surface area contributed by atoms with Gasteiger partial charge in [0.15, 0.2) is 0 Å². The number of ether oxygens (including phenoxy) is 1. The van der Waals surface area contributed by atoms with Crippen LogP contribution in [0, 0.1) is 6.92 Å². The third-order valence-electron chi connectivity index (χ3n) is 3.35. The topological polar surface area (TPSA) is 47.3 Å². The van der Waals surface area contributed by atoms with Crippen molar-refractivity contribution in [3.8, 4) is 0 Å². The van der Waals surface area contributed by atoms with E-state index in [1.54, 1.807) is 0 Å². The van der Waals surface area contributed by atoms with Crippen molar-refractivity contribution in [2.24, 2.45) is 5.73 Å². The lowest BCUT2D eigenvalue weighted by atomic mass is 10.1. The second kappa shape index (κ2) is 5.67. The van der Waals surface area contributed by atoms with Crippen molar-refractivity contribution in [2.75, 3.05) is 11.9 Å². The first-order chi connectivity index (χ1) is 8.58. The minimum absolute atomic E-state index is 0.266. The largest absolute Gasteiger partial charge is 0.389 e. The van der Waals surface area contributed by atoms with E-state index in [-0.39, 0.29) is 12.1 Å². The SMILES string of the molecule is Cc1ccc(C(N)=S)c(NC(C)C2CCCO2)c1. The summed E-state index contributed by atoms with van der Waals surface area (Å²) in [6, 6.07) is 6.35. The van der Waals surface area contributed by atoms with Crippen LogP contribution in [0.15, 0.2) is 18.2 Å². The van der Waals surface area contributed by atoms with E-state index in [1.165, 1.54) is 5.56 Å². The van der Waals surface area contributed by atoms with Gasteiger partial charge in [0.25, 0.3) is 0 Å². The molecule has 1 aliphatic heterocycles. The van der Waals surface area contributed by atoms with Crippen LogP contribution in [-0.2, 0) is 4.74 Å². The number of nitrogens with one attached hydrogen (secondary N) is 1. The van der Waals surface area contributed by atoms with Gasteiger partial charge in [-0.05, 0) is 44.4 Å². The Bertz CT molecular complexity index is 441. The van der Waals surface area contributed by atoms with Crippen LogP contribution in [0.5, 0.6) is 0 Å². The molecule has 2 atom stereocenters. The highest BCUT2D eigenvalue weighted by atomic mass is 32.1. The van der Waals surface area contributed by atoms with Crippen molar-refractivity contribution in [1.82, 2.24) is 0 Å². The van der Waals surface area contributed by atoms with Gasteiger partial charge in [0.1, 0.15) is 4.99 Å². The van der Waals surface area contributed by atoms with Gasteiger partial charge in [-0.3, -0.25) is 0 Å². The van der Waals surface area contributed by atoms with Crippen LogP contribution in [0.2, 0.25) is 0 Å². The summed E-state index contributed by atoms with van der Waals surface area (Å²) in [7, 11) is 0. The molecular weight excluding hydrogens is 244 g/mol. The van der Waals surface area contributed by atoms with Gasteiger partial charge in [0.2, 0.25) is 0 Å². The molecule has 1 heterocycles. The van der Waals surface area contributed by atoms with Gasteiger partial charge in [-0.25, -0.2) is 0 Å². The molecule has 1 aliphatic rings. The van der Waals surface area contributed by atoms with Crippen LogP contribution in [0.4, 0.5) is 5.69 Å². The Kier molecular flexibility index (Phi) is 4.19. The first-order valence-electron chi connectivity index (χ1n) is 6.36. The Balaban J connectivity index is 2.16. The minimum Gasteiger partial charge on any atom is -0.389 e. The minimum atomic E-state index is 0.266. The molecule has 18 heavy (non-hydrogen) atoms. The van der Waals surface area contributed by atoms with E-state index in [1.807, 2.05) is 12.1 Å². The highest BCUT2D eigenvalue weighted by Crippen LogP contribution is 2.22. The maximum absolute atomic E-state index is 5.75. The van der Waals surface area contributed by atoms with Crippen molar-refractivity contribution in [3.05, 3.63) is 29.3 Å². The second-order valence-corrected chi connectivity index (χ2v) is 5.34. The first-order valence-corrected chi connectivity index (χ1v) is 6.77. The lowest BCUT2D eigenvalue weighted by Gasteiger charge is -2.23. The number of rotatable bonds is 4. The second-order valence-electron chi connectivity index (χ2n) is 4.90. The molecule has 0 aromatic heterocycles. The van der Waals surface area contributed by atoms with E-state index >= 15 is 0 Å². The molecule has 1 saturated heterocycles. The van der Waals surface area contributed by atoms with Gasteiger partial charge in [0, 0.05) is 23.9 Å². The zero-order valence-corrected chi connectivity index (χ0v) is 11.7. The smallest absolute Gasteiger partial charge is 0.106 e. The Hall–Kier alpha value is -1.13. The van der Waals surface area contributed by atoms with E-state index < -0.39 is 0 Å². The highest BCUT2D eigenvalue weighted by molar-refractivity contribution is 7.80. The summed E-state index contributed by atoms with van der Waals surface area (Å²) in [5, 5.41) is 3.48. The van der Waals surface area contributed by atoms with Crippen molar-refractivity contribution >= 4 is 22.9 Å². The van der Waals surface area contributed by atoms with E-state index in [0.29, 0.717) is 4.99 Å². The number of benzene rings is 1. The van der Waals surface area contributed by atoms with E-state index in [0.717, 1.165) is 30.7 Å². The Morgan fingerprint density at radius 3 is 2.94 bits per heavy atom. The van der Waals surface area contributed by atoms with E-state index in [9.17, 15) is 0 Å². The van der Waals surface area contributed by atoms with Crippen LogP contribution in [0.1, 0.15) is 30.9 Å². The molecule has 0 amide bonds. The molecule has 0 aliphatic carbocycles. The number of anilines is 1.